The second-order valence-corrected chi connectivity index (χ2v) is 6.60. The van der Waals surface area contributed by atoms with Crippen LogP contribution in [0.15, 0.2) is 28.7 Å². The van der Waals surface area contributed by atoms with Crippen molar-refractivity contribution >= 4 is 21.7 Å². The summed E-state index contributed by atoms with van der Waals surface area (Å²) in [5.41, 5.74) is 7.11. The number of ketones is 1. The highest BCUT2D eigenvalue weighted by Gasteiger charge is 2.32. The number of hydrogen-bond donors (Lipinski definition) is 1. The van der Waals surface area contributed by atoms with Gasteiger partial charge in [0, 0.05) is 17.3 Å². The number of rotatable bonds is 5. The van der Waals surface area contributed by atoms with E-state index in [-0.39, 0.29) is 5.41 Å². The third kappa shape index (κ3) is 3.90. The Bertz CT molecular complexity index is 438. The zero-order valence-electron chi connectivity index (χ0n) is 11.3. The number of carbonyl (C=O) groups excluding carboxylic acids is 1. The highest BCUT2D eigenvalue weighted by atomic mass is 79.9. The van der Waals surface area contributed by atoms with Gasteiger partial charge in [-0.3, -0.25) is 4.79 Å². The van der Waals surface area contributed by atoms with Gasteiger partial charge in [0.25, 0.3) is 0 Å². The molecule has 1 aliphatic carbocycles. The molecule has 0 heterocycles. The molecular formula is C16H22BrNO. The van der Waals surface area contributed by atoms with Gasteiger partial charge in [-0.05, 0) is 36.4 Å². The maximum atomic E-state index is 12.3. The number of hydrogen-bond acceptors (Lipinski definition) is 2. The molecule has 2 N–H and O–H groups in total. The molecule has 1 aromatic carbocycles. The summed E-state index contributed by atoms with van der Waals surface area (Å²) in [5, 5.41) is 0. The molecule has 0 amide bonds. The highest BCUT2D eigenvalue weighted by Crippen LogP contribution is 2.38. The highest BCUT2D eigenvalue weighted by molar-refractivity contribution is 9.10. The summed E-state index contributed by atoms with van der Waals surface area (Å²) in [6.45, 7) is 0.648. The van der Waals surface area contributed by atoms with Crippen molar-refractivity contribution in [3.05, 3.63) is 34.3 Å². The average molecular weight is 324 g/mol. The largest absolute Gasteiger partial charge is 0.330 e. The minimum absolute atomic E-state index is 0.0800. The molecule has 104 valence electrons. The van der Waals surface area contributed by atoms with Gasteiger partial charge in [0.15, 0.2) is 0 Å². The molecule has 2 nitrogen and oxygen atoms in total. The first-order valence-corrected chi connectivity index (χ1v) is 7.90. The molecule has 3 heteroatoms. The summed E-state index contributed by atoms with van der Waals surface area (Å²) in [6.07, 6.45) is 7.13. The molecule has 0 radical (unpaired) electrons. The fraction of sp³-hybridized carbons (Fsp3) is 0.562. The normalized spacial score (nSPS) is 18.2. The number of benzene rings is 1. The van der Waals surface area contributed by atoms with Crippen molar-refractivity contribution in [3.8, 4) is 0 Å². The number of carbonyl (C=O) groups is 1. The zero-order valence-corrected chi connectivity index (χ0v) is 12.9. The minimum Gasteiger partial charge on any atom is -0.330 e. The first-order valence-electron chi connectivity index (χ1n) is 7.10. The van der Waals surface area contributed by atoms with Gasteiger partial charge in [0.1, 0.15) is 5.78 Å². The van der Waals surface area contributed by atoms with Crippen LogP contribution in [-0.4, -0.2) is 12.3 Å². The maximum absolute atomic E-state index is 12.3. The van der Waals surface area contributed by atoms with Crippen LogP contribution >= 0.6 is 15.9 Å². The van der Waals surface area contributed by atoms with Crippen molar-refractivity contribution in [2.24, 2.45) is 11.1 Å². The lowest BCUT2D eigenvalue weighted by atomic mass is 9.70. The van der Waals surface area contributed by atoms with Crippen LogP contribution in [0.5, 0.6) is 0 Å². The quantitative estimate of drug-likeness (QED) is 0.894. The third-order valence-electron chi connectivity index (χ3n) is 4.26. The van der Waals surface area contributed by atoms with Crippen LogP contribution in [0.4, 0.5) is 0 Å². The zero-order chi connectivity index (χ0) is 13.7. The van der Waals surface area contributed by atoms with Crippen LogP contribution in [0, 0.1) is 5.41 Å². The van der Waals surface area contributed by atoms with Crippen molar-refractivity contribution < 1.29 is 4.79 Å². The van der Waals surface area contributed by atoms with Crippen molar-refractivity contribution in [3.63, 3.8) is 0 Å². The molecule has 1 saturated carbocycles. The van der Waals surface area contributed by atoms with Crippen LogP contribution in [0.3, 0.4) is 0 Å². The van der Waals surface area contributed by atoms with Crippen molar-refractivity contribution in [1.29, 1.82) is 0 Å². The number of halogens is 1. The topological polar surface area (TPSA) is 43.1 Å². The van der Waals surface area contributed by atoms with Crippen LogP contribution in [0.1, 0.15) is 44.1 Å². The van der Waals surface area contributed by atoms with E-state index in [1.807, 2.05) is 24.3 Å². The predicted octanol–water partition coefficient (Wildman–Crippen LogP) is 3.86. The fourth-order valence-corrected chi connectivity index (χ4v) is 3.51. The van der Waals surface area contributed by atoms with Gasteiger partial charge in [-0.25, -0.2) is 0 Å². The van der Waals surface area contributed by atoms with Crippen LogP contribution in [0.2, 0.25) is 0 Å². The van der Waals surface area contributed by atoms with E-state index in [9.17, 15) is 4.79 Å². The molecule has 0 bridgehead atoms. The van der Waals surface area contributed by atoms with Gasteiger partial charge < -0.3 is 5.73 Å². The Morgan fingerprint density at radius 2 is 1.89 bits per heavy atom. The molecule has 0 aromatic heterocycles. The predicted molar refractivity (Wildman–Crippen MR) is 82.0 cm³/mol. The van der Waals surface area contributed by atoms with E-state index in [1.54, 1.807) is 0 Å². The molecular weight excluding hydrogens is 302 g/mol. The van der Waals surface area contributed by atoms with Crippen molar-refractivity contribution in [1.82, 2.24) is 0 Å². The molecule has 1 fully saturated rings. The lowest BCUT2D eigenvalue weighted by Crippen LogP contribution is -2.35. The first-order chi connectivity index (χ1) is 9.15. The Labute approximate surface area is 123 Å². The first kappa shape index (κ1) is 14.7. The summed E-state index contributed by atoms with van der Waals surface area (Å²) in [6, 6.07) is 7.95. The van der Waals surface area contributed by atoms with E-state index in [4.69, 9.17) is 5.73 Å². The van der Waals surface area contributed by atoms with Gasteiger partial charge in [0.05, 0.1) is 0 Å². The van der Waals surface area contributed by atoms with Gasteiger partial charge in [-0.2, -0.15) is 0 Å². The van der Waals surface area contributed by atoms with Gasteiger partial charge >= 0.3 is 0 Å². The van der Waals surface area contributed by atoms with E-state index in [2.05, 4.69) is 15.9 Å². The molecule has 1 aromatic rings. The van der Waals surface area contributed by atoms with Gasteiger partial charge in [0.2, 0.25) is 0 Å². The molecule has 0 atom stereocenters. The molecule has 2 rings (SSSR count). The van der Waals surface area contributed by atoms with Crippen molar-refractivity contribution in [2.45, 2.75) is 44.9 Å². The minimum atomic E-state index is 0.0800. The van der Waals surface area contributed by atoms with Crippen LogP contribution in [0.25, 0.3) is 0 Å². The smallest absolute Gasteiger partial charge is 0.137 e. The summed E-state index contributed by atoms with van der Waals surface area (Å²) in [7, 11) is 0. The molecule has 19 heavy (non-hydrogen) atoms. The standard InChI is InChI=1S/C16H22BrNO/c17-15-7-3-2-6-13(15)10-14(19)11-16(12-18)8-4-1-5-9-16/h2-3,6-7H,1,4-5,8-12,18H2. The number of Topliss-reactive ketones (excluding diaryl/α,β-unsaturated/α-hetero) is 1. The van der Waals surface area contributed by atoms with Gasteiger partial charge in [-0.1, -0.05) is 53.4 Å². The Kier molecular flexibility index (Phi) is 5.17. The Balaban J connectivity index is 1.98. The lowest BCUT2D eigenvalue weighted by Gasteiger charge is -2.35. The molecule has 0 unspecified atom stereocenters. The molecule has 0 saturated heterocycles. The monoisotopic (exact) mass is 323 g/mol. The van der Waals surface area contributed by atoms with E-state index in [1.165, 1.54) is 19.3 Å². The van der Waals surface area contributed by atoms with E-state index in [0.717, 1.165) is 22.9 Å². The average Bonchev–Trinajstić information content (AvgIpc) is 2.42. The maximum Gasteiger partial charge on any atom is 0.137 e. The van der Waals surface area contributed by atoms with Crippen molar-refractivity contribution in [2.75, 3.05) is 6.54 Å². The molecule has 1 aliphatic rings. The van der Waals surface area contributed by atoms with E-state index < -0.39 is 0 Å². The summed E-state index contributed by atoms with van der Waals surface area (Å²) < 4.78 is 1.02. The fourth-order valence-electron chi connectivity index (χ4n) is 3.09. The second-order valence-electron chi connectivity index (χ2n) is 5.75. The Morgan fingerprint density at radius 3 is 2.53 bits per heavy atom. The molecule has 0 aliphatic heterocycles. The van der Waals surface area contributed by atoms with E-state index in [0.29, 0.717) is 25.2 Å². The Morgan fingerprint density at radius 1 is 1.21 bits per heavy atom. The Hall–Kier alpha value is -0.670. The summed E-state index contributed by atoms with van der Waals surface area (Å²) >= 11 is 3.50. The van der Waals surface area contributed by atoms with E-state index >= 15 is 0 Å². The third-order valence-corrected chi connectivity index (χ3v) is 5.04. The SMILES string of the molecule is NCC1(CC(=O)Cc2ccccc2Br)CCCCC1. The lowest BCUT2D eigenvalue weighted by molar-refractivity contribution is -0.121. The molecule has 0 spiro atoms. The van der Waals surface area contributed by atoms with Crippen LogP contribution in [-0.2, 0) is 11.2 Å². The van der Waals surface area contributed by atoms with Crippen LogP contribution < -0.4 is 5.73 Å². The number of nitrogens with two attached hydrogens (primary N) is 1. The van der Waals surface area contributed by atoms with Gasteiger partial charge in [-0.15, -0.1) is 0 Å². The summed E-state index contributed by atoms with van der Waals surface area (Å²) in [5.74, 6) is 0.319. The second kappa shape index (κ2) is 6.67. The summed E-state index contributed by atoms with van der Waals surface area (Å²) in [4.78, 5) is 12.3.